The molecule has 0 fully saturated rings. The van der Waals surface area contributed by atoms with Crippen molar-refractivity contribution in [3.63, 3.8) is 0 Å². The molecule has 1 aliphatic heterocycles. The summed E-state index contributed by atoms with van der Waals surface area (Å²) in [6, 6.07) is 9.31. The second kappa shape index (κ2) is 13.7. The molecule has 0 amide bonds. The van der Waals surface area contributed by atoms with Crippen molar-refractivity contribution in [2.45, 2.75) is 40.2 Å². The first-order valence-electron chi connectivity index (χ1n) is 13.5. The number of rotatable bonds is 12. The van der Waals surface area contributed by atoms with Gasteiger partial charge in [-0.2, -0.15) is 4.39 Å². The van der Waals surface area contributed by atoms with E-state index in [-0.39, 0.29) is 23.3 Å². The summed E-state index contributed by atoms with van der Waals surface area (Å²) < 4.78 is 36.9. The molecule has 0 aromatic heterocycles. The van der Waals surface area contributed by atoms with Crippen LogP contribution in [-0.2, 0) is 25.6 Å². The summed E-state index contributed by atoms with van der Waals surface area (Å²) in [5.41, 5.74) is 0.0660. The highest BCUT2D eigenvalue weighted by atomic mass is 19.1. The van der Waals surface area contributed by atoms with E-state index in [9.17, 15) is 19.7 Å². The minimum absolute atomic E-state index is 0.000714. The highest BCUT2D eigenvalue weighted by Gasteiger charge is 2.41. The van der Waals surface area contributed by atoms with E-state index in [1.54, 1.807) is 28.1 Å². The van der Waals surface area contributed by atoms with Crippen molar-refractivity contribution < 1.29 is 37.9 Å². The minimum atomic E-state index is -1.29. The summed E-state index contributed by atoms with van der Waals surface area (Å²) in [4.78, 5) is 39.2. The molecule has 0 saturated heterocycles. The lowest BCUT2D eigenvalue weighted by Gasteiger charge is -2.32. The Kier molecular flexibility index (Phi) is 10.5. The Hall–Kier alpha value is -4.45. The maximum atomic E-state index is 15.5. The summed E-state index contributed by atoms with van der Waals surface area (Å²) in [5, 5.41) is 14.5. The van der Waals surface area contributed by atoms with Crippen LogP contribution in [0.25, 0.3) is 0 Å². The van der Waals surface area contributed by atoms with E-state index < -0.39 is 39.7 Å². The number of benzene rings is 2. The number of carbonyl (C=O) groups is 2. The van der Waals surface area contributed by atoms with Crippen molar-refractivity contribution in [2.75, 3.05) is 41.5 Å². The number of ether oxygens (including phenoxy) is 4. The molecule has 0 bridgehead atoms. The molecule has 0 aliphatic carbocycles. The average molecular weight is 600 g/mol. The Bertz CT molecular complexity index is 1470. The van der Waals surface area contributed by atoms with Gasteiger partial charge in [-0.15, -0.1) is 0 Å². The Morgan fingerprint density at radius 1 is 1.02 bits per heavy atom. The van der Waals surface area contributed by atoms with Crippen LogP contribution in [0.15, 0.2) is 58.9 Å². The number of nitrogens with one attached hydrogen (secondary N) is 1. The number of allylic oxidation sites excluding steroid dienone is 2. The average Bonchev–Trinajstić information content (AvgIpc) is 2.94. The van der Waals surface area contributed by atoms with E-state index in [1.165, 1.54) is 12.1 Å². The van der Waals surface area contributed by atoms with Gasteiger partial charge in [-0.3, -0.25) is 10.1 Å². The fourth-order valence-electron chi connectivity index (χ4n) is 5.32. The summed E-state index contributed by atoms with van der Waals surface area (Å²) in [6.07, 6.45) is 0. The number of nitro benzene ring substituents is 1. The van der Waals surface area contributed by atoms with Crippen LogP contribution in [0.2, 0.25) is 0 Å². The lowest BCUT2D eigenvalue weighted by Crippen LogP contribution is -2.37. The number of hydrogen-bond donors (Lipinski definition) is 1. The van der Waals surface area contributed by atoms with Crippen LogP contribution in [0.1, 0.15) is 44.7 Å². The van der Waals surface area contributed by atoms with Gasteiger partial charge in [-0.25, -0.2) is 9.59 Å². The van der Waals surface area contributed by atoms with Crippen LogP contribution in [0.5, 0.6) is 11.5 Å². The van der Waals surface area contributed by atoms with Gasteiger partial charge in [0.2, 0.25) is 5.82 Å². The third-order valence-corrected chi connectivity index (χ3v) is 7.09. The quantitative estimate of drug-likeness (QED) is 0.205. The second-order valence-corrected chi connectivity index (χ2v) is 11.2. The van der Waals surface area contributed by atoms with E-state index in [4.69, 9.17) is 18.9 Å². The molecule has 1 N–H and O–H groups in total. The molecule has 232 valence electrons. The normalized spacial score (nSPS) is 15.3. The predicted molar refractivity (Wildman–Crippen MR) is 157 cm³/mol. The van der Waals surface area contributed by atoms with Crippen molar-refractivity contribution >= 4 is 17.6 Å². The van der Waals surface area contributed by atoms with Crippen LogP contribution in [0, 0.1) is 21.3 Å². The standard InChI is InChI=1S/C31H38FN3O8/c1-18-25(29(36)42-8)27(21-10-9-11-22(28(21)32)35(38)39)26(19(2)33-18)30(37)43-17-31(3,4)16-34(5)15-20-12-13-23(40-6)24(14-20)41-7/h9-14,27,33H,15-17H2,1-8H3. The molecular weight excluding hydrogens is 561 g/mol. The van der Waals surface area contributed by atoms with Crippen molar-refractivity contribution in [1.82, 2.24) is 10.2 Å². The van der Waals surface area contributed by atoms with E-state index >= 15 is 4.39 Å². The van der Waals surface area contributed by atoms with Crippen LogP contribution in [0.3, 0.4) is 0 Å². The highest BCUT2D eigenvalue weighted by Crippen LogP contribution is 2.42. The van der Waals surface area contributed by atoms with Crippen molar-refractivity contribution in [2.24, 2.45) is 5.41 Å². The molecule has 0 saturated carbocycles. The van der Waals surface area contributed by atoms with Gasteiger partial charge in [0.15, 0.2) is 11.5 Å². The largest absolute Gasteiger partial charge is 0.493 e. The Labute approximate surface area is 250 Å². The van der Waals surface area contributed by atoms with E-state index in [0.29, 0.717) is 36.0 Å². The summed E-state index contributed by atoms with van der Waals surface area (Å²) in [5.74, 6) is -2.79. The second-order valence-electron chi connectivity index (χ2n) is 11.2. The van der Waals surface area contributed by atoms with Gasteiger partial charge >= 0.3 is 17.6 Å². The van der Waals surface area contributed by atoms with Crippen molar-refractivity contribution in [3.05, 3.63) is 86.0 Å². The number of dihydropyridines is 1. The number of methoxy groups -OCH3 is 3. The van der Waals surface area contributed by atoms with Gasteiger partial charge in [0.1, 0.15) is 0 Å². The van der Waals surface area contributed by atoms with Crippen LogP contribution in [-0.4, -0.2) is 63.3 Å². The van der Waals surface area contributed by atoms with E-state index in [1.807, 2.05) is 39.1 Å². The molecular formula is C31H38FN3O8. The van der Waals surface area contributed by atoms with Crippen LogP contribution >= 0.6 is 0 Å². The third kappa shape index (κ3) is 7.50. The molecule has 0 spiro atoms. The zero-order chi connectivity index (χ0) is 32.1. The van der Waals surface area contributed by atoms with Gasteiger partial charge in [-0.1, -0.05) is 32.0 Å². The number of nitro groups is 1. The zero-order valence-electron chi connectivity index (χ0n) is 25.7. The molecule has 1 unspecified atom stereocenters. The highest BCUT2D eigenvalue weighted by molar-refractivity contribution is 6.00. The van der Waals surface area contributed by atoms with Gasteiger partial charge in [-0.05, 0) is 38.6 Å². The predicted octanol–water partition coefficient (Wildman–Crippen LogP) is 4.86. The smallest absolute Gasteiger partial charge is 0.336 e. The molecule has 1 aliphatic rings. The van der Waals surface area contributed by atoms with Gasteiger partial charge < -0.3 is 29.2 Å². The lowest BCUT2D eigenvalue weighted by atomic mass is 9.80. The van der Waals surface area contributed by atoms with Gasteiger partial charge in [0.25, 0.3) is 0 Å². The Morgan fingerprint density at radius 2 is 1.65 bits per heavy atom. The Balaban J connectivity index is 1.85. The van der Waals surface area contributed by atoms with Crippen molar-refractivity contribution in [3.8, 4) is 11.5 Å². The number of halogens is 1. The molecule has 11 nitrogen and oxygen atoms in total. The first-order chi connectivity index (χ1) is 20.2. The number of carbonyl (C=O) groups excluding carboxylic acids is 2. The monoisotopic (exact) mass is 599 g/mol. The fourth-order valence-corrected chi connectivity index (χ4v) is 5.32. The van der Waals surface area contributed by atoms with E-state index in [2.05, 4.69) is 10.2 Å². The number of nitrogens with zero attached hydrogens (tertiary/aromatic N) is 2. The topological polar surface area (TPSA) is 129 Å². The van der Waals surface area contributed by atoms with Crippen LogP contribution in [0.4, 0.5) is 10.1 Å². The maximum Gasteiger partial charge on any atom is 0.336 e. The molecule has 43 heavy (non-hydrogen) atoms. The first kappa shape index (κ1) is 33.1. The number of esters is 2. The first-order valence-corrected chi connectivity index (χ1v) is 13.5. The summed E-state index contributed by atoms with van der Waals surface area (Å²) in [6.45, 7) is 8.18. The van der Waals surface area contributed by atoms with E-state index in [0.717, 1.165) is 18.7 Å². The molecule has 12 heteroatoms. The SMILES string of the molecule is COC(=O)C1=C(C)NC(C)=C(C(=O)OCC(C)(C)CN(C)Cc2ccc(OC)c(OC)c2)C1c1cccc([N+](=O)[O-])c1F. The summed E-state index contributed by atoms with van der Waals surface area (Å²) in [7, 11) is 6.25. The van der Waals surface area contributed by atoms with Crippen LogP contribution < -0.4 is 14.8 Å². The molecule has 2 aromatic carbocycles. The number of hydrogen-bond acceptors (Lipinski definition) is 10. The zero-order valence-corrected chi connectivity index (χ0v) is 25.7. The maximum absolute atomic E-state index is 15.5. The summed E-state index contributed by atoms with van der Waals surface area (Å²) >= 11 is 0. The molecule has 0 radical (unpaired) electrons. The fraction of sp³-hybridized carbons (Fsp3) is 0.419. The van der Waals surface area contributed by atoms with Gasteiger partial charge in [0, 0.05) is 41.5 Å². The third-order valence-electron chi connectivity index (χ3n) is 7.09. The molecule has 3 rings (SSSR count). The Morgan fingerprint density at radius 3 is 2.23 bits per heavy atom. The molecule has 1 heterocycles. The molecule has 1 atom stereocenters. The minimum Gasteiger partial charge on any atom is -0.493 e. The molecule has 2 aromatic rings. The van der Waals surface area contributed by atoms with Crippen molar-refractivity contribution in [1.29, 1.82) is 0 Å². The van der Waals surface area contributed by atoms with Gasteiger partial charge in [0.05, 0.1) is 49.9 Å². The lowest BCUT2D eigenvalue weighted by molar-refractivity contribution is -0.387.